The lowest BCUT2D eigenvalue weighted by molar-refractivity contribution is -0.119. The second kappa shape index (κ2) is 8.70. The molecule has 11 nitrogen and oxygen atoms in total. The van der Waals surface area contributed by atoms with E-state index in [0.717, 1.165) is 71.4 Å². The maximum atomic E-state index is 11.7. The molecule has 3 N–H and O–H groups in total. The number of carbonyl (C=O) groups excluding carboxylic acids is 1. The second-order valence-electron chi connectivity index (χ2n) is 9.76. The molecule has 11 heteroatoms. The van der Waals surface area contributed by atoms with Gasteiger partial charge in [0.15, 0.2) is 5.82 Å². The summed E-state index contributed by atoms with van der Waals surface area (Å²) in [6.07, 6.45) is 8.41. The molecule has 0 radical (unpaired) electrons. The smallest absolute Gasteiger partial charge is 0.220 e. The van der Waals surface area contributed by atoms with Crippen molar-refractivity contribution >= 4 is 28.1 Å². The number of nitrogens with two attached hydrogens (primary N) is 1. The molecule has 0 bridgehead atoms. The summed E-state index contributed by atoms with van der Waals surface area (Å²) in [5, 5.41) is 17.9. The van der Waals surface area contributed by atoms with Gasteiger partial charge in [-0.2, -0.15) is 15.3 Å². The predicted molar refractivity (Wildman–Crippen MR) is 138 cm³/mol. The third kappa shape index (κ3) is 3.73. The monoisotopic (exact) mass is 497 g/mol. The third-order valence-corrected chi connectivity index (χ3v) is 7.48. The molecule has 188 valence electrons. The predicted octanol–water partition coefficient (Wildman–Crippen LogP) is 2.82. The van der Waals surface area contributed by atoms with Gasteiger partial charge in [-0.3, -0.25) is 14.2 Å². The van der Waals surface area contributed by atoms with Crippen molar-refractivity contribution < 1.29 is 9.53 Å². The Hall–Kier alpha value is -4.25. The molecule has 6 heterocycles. The lowest BCUT2D eigenvalue weighted by Gasteiger charge is -2.24. The summed E-state index contributed by atoms with van der Waals surface area (Å²) >= 11 is 0. The van der Waals surface area contributed by atoms with Crippen molar-refractivity contribution in [3.8, 4) is 22.5 Å². The van der Waals surface area contributed by atoms with E-state index in [1.54, 1.807) is 0 Å². The molecule has 7 rings (SSSR count). The number of carbonyl (C=O) groups is 1. The van der Waals surface area contributed by atoms with Crippen LogP contribution in [0.3, 0.4) is 0 Å². The number of rotatable bonds is 5. The van der Waals surface area contributed by atoms with Gasteiger partial charge in [-0.1, -0.05) is 12.1 Å². The molecule has 1 amide bonds. The minimum absolute atomic E-state index is 0.0954. The van der Waals surface area contributed by atoms with Gasteiger partial charge in [0.1, 0.15) is 11.8 Å². The third-order valence-electron chi connectivity index (χ3n) is 7.48. The number of aromatic nitrogens is 7. The highest BCUT2D eigenvalue weighted by Crippen LogP contribution is 2.37. The molecule has 1 atom stereocenters. The van der Waals surface area contributed by atoms with E-state index in [1.165, 1.54) is 6.33 Å². The van der Waals surface area contributed by atoms with Gasteiger partial charge in [0.25, 0.3) is 0 Å². The van der Waals surface area contributed by atoms with Gasteiger partial charge in [-0.25, -0.2) is 9.50 Å². The van der Waals surface area contributed by atoms with Crippen molar-refractivity contribution in [2.45, 2.75) is 44.3 Å². The SMILES string of the molecule is Nc1ncnn2c(-c3ccc4cnn(CC5CCC(=O)N5)c4c3)cc(-c3ccnn3C3CCOCC3)c12. The molecule has 2 saturated heterocycles. The quantitative estimate of drug-likeness (QED) is 0.382. The largest absolute Gasteiger partial charge is 0.382 e. The molecule has 5 aromatic rings. The summed E-state index contributed by atoms with van der Waals surface area (Å²) in [7, 11) is 0. The maximum absolute atomic E-state index is 11.7. The van der Waals surface area contributed by atoms with Crippen LogP contribution >= 0.6 is 0 Å². The molecular weight excluding hydrogens is 470 g/mol. The van der Waals surface area contributed by atoms with E-state index in [0.29, 0.717) is 18.8 Å². The number of nitrogen functional groups attached to an aromatic ring is 1. The van der Waals surface area contributed by atoms with Crippen LogP contribution in [-0.2, 0) is 16.1 Å². The van der Waals surface area contributed by atoms with Crippen LogP contribution in [0, 0.1) is 0 Å². The molecule has 1 aromatic carbocycles. The van der Waals surface area contributed by atoms with E-state index in [4.69, 9.17) is 10.5 Å². The van der Waals surface area contributed by atoms with E-state index >= 15 is 0 Å². The number of hydrogen-bond donors (Lipinski definition) is 2. The number of anilines is 1. The first-order chi connectivity index (χ1) is 18.2. The fraction of sp³-hybridized carbons (Fsp3) is 0.346. The summed E-state index contributed by atoms with van der Waals surface area (Å²) in [6.45, 7) is 2.10. The highest BCUT2D eigenvalue weighted by Gasteiger charge is 2.25. The average molecular weight is 498 g/mol. The highest BCUT2D eigenvalue weighted by atomic mass is 16.5. The molecule has 2 fully saturated rings. The van der Waals surface area contributed by atoms with Gasteiger partial charge in [0.05, 0.1) is 35.7 Å². The number of nitrogens with one attached hydrogen (secondary N) is 1. The zero-order chi connectivity index (χ0) is 24.9. The summed E-state index contributed by atoms with van der Waals surface area (Å²) in [5.74, 6) is 0.519. The van der Waals surface area contributed by atoms with E-state index < -0.39 is 0 Å². The van der Waals surface area contributed by atoms with Gasteiger partial charge in [0.2, 0.25) is 5.91 Å². The van der Waals surface area contributed by atoms with E-state index in [1.807, 2.05) is 27.7 Å². The normalized spacial score (nSPS) is 18.7. The van der Waals surface area contributed by atoms with Crippen LogP contribution in [0.15, 0.2) is 49.1 Å². The molecule has 4 aromatic heterocycles. The van der Waals surface area contributed by atoms with Crippen LogP contribution in [0.5, 0.6) is 0 Å². The van der Waals surface area contributed by atoms with Crippen molar-refractivity contribution in [3.05, 3.63) is 49.1 Å². The molecule has 0 saturated carbocycles. The van der Waals surface area contributed by atoms with Crippen LogP contribution in [0.4, 0.5) is 5.82 Å². The maximum Gasteiger partial charge on any atom is 0.220 e. The Morgan fingerprint density at radius 2 is 1.95 bits per heavy atom. The molecule has 0 spiro atoms. The second-order valence-corrected chi connectivity index (χ2v) is 9.76. The number of hydrogen-bond acceptors (Lipinski definition) is 7. The Balaban J connectivity index is 1.34. The van der Waals surface area contributed by atoms with Crippen molar-refractivity contribution in [1.82, 2.24) is 39.5 Å². The van der Waals surface area contributed by atoms with E-state index in [-0.39, 0.29) is 18.0 Å². The van der Waals surface area contributed by atoms with Gasteiger partial charge in [0, 0.05) is 48.4 Å². The van der Waals surface area contributed by atoms with Crippen molar-refractivity contribution in [3.63, 3.8) is 0 Å². The van der Waals surface area contributed by atoms with E-state index in [9.17, 15) is 4.79 Å². The van der Waals surface area contributed by atoms with Crippen LogP contribution in [0.1, 0.15) is 31.7 Å². The lowest BCUT2D eigenvalue weighted by Crippen LogP contribution is -2.29. The summed E-state index contributed by atoms with van der Waals surface area (Å²) in [4.78, 5) is 16.0. The van der Waals surface area contributed by atoms with Gasteiger partial charge < -0.3 is 15.8 Å². The molecular formula is C26H27N9O2. The molecule has 0 aliphatic carbocycles. The minimum Gasteiger partial charge on any atom is -0.382 e. The number of benzene rings is 1. The average Bonchev–Trinajstić information content (AvgIpc) is 3.71. The number of nitrogens with zero attached hydrogens (tertiary/aromatic N) is 7. The lowest BCUT2D eigenvalue weighted by atomic mass is 10.1. The summed E-state index contributed by atoms with van der Waals surface area (Å²) < 4.78 is 11.5. The summed E-state index contributed by atoms with van der Waals surface area (Å²) in [6, 6.07) is 10.8. The number of fused-ring (bicyclic) bond motifs is 2. The standard InChI is InChI=1S/C26H27N9O2/c27-26-25-20(21-5-8-29-34(21)19-6-9-37-10-7-19)12-23(35(25)31-15-28-26)16-1-2-17-13-30-33(22(17)11-16)14-18-3-4-24(36)32-18/h1-2,5,8,11-13,15,18-19H,3-4,6-7,9-10,14H2,(H,32,36)(H2,27,28,31). The fourth-order valence-corrected chi connectivity index (χ4v) is 5.62. The van der Waals surface area contributed by atoms with E-state index in [2.05, 4.69) is 54.5 Å². The number of ether oxygens (including phenoxy) is 1. The Bertz CT molecular complexity index is 1630. The highest BCUT2D eigenvalue weighted by molar-refractivity contribution is 5.92. The zero-order valence-electron chi connectivity index (χ0n) is 20.2. The van der Waals surface area contributed by atoms with Crippen LogP contribution in [0.2, 0.25) is 0 Å². The van der Waals surface area contributed by atoms with Crippen LogP contribution in [0.25, 0.3) is 38.9 Å². The van der Waals surface area contributed by atoms with Crippen molar-refractivity contribution in [2.75, 3.05) is 18.9 Å². The molecule has 1 unspecified atom stereocenters. The Morgan fingerprint density at radius 1 is 1.05 bits per heavy atom. The minimum atomic E-state index is 0.0954. The van der Waals surface area contributed by atoms with Gasteiger partial charge in [-0.15, -0.1) is 0 Å². The molecule has 2 aliphatic heterocycles. The van der Waals surface area contributed by atoms with Gasteiger partial charge in [-0.05, 0) is 37.5 Å². The first kappa shape index (κ1) is 22.0. The van der Waals surface area contributed by atoms with Crippen molar-refractivity contribution in [2.24, 2.45) is 0 Å². The first-order valence-electron chi connectivity index (χ1n) is 12.6. The van der Waals surface area contributed by atoms with Crippen LogP contribution in [-0.4, -0.2) is 59.3 Å². The van der Waals surface area contributed by atoms with Crippen molar-refractivity contribution in [1.29, 1.82) is 0 Å². The molecule has 2 aliphatic rings. The van der Waals surface area contributed by atoms with Gasteiger partial charge >= 0.3 is 0 Å². The fourth-order valence-electron chi connectivity index (χ4n) is 5.62. The zero-order valence-corrected chi connectivity index (χ0v) is 20.2. The van der Waals surface area contributed by atoms with Crippen LogP contribution < -0.4 is 11.1 Å². The first-order valence-corrected chi connectivity index (χ1v) is 12.6. The molecule has 37 heavy (non-hydrogen) atoms. The Morgan fingerprint density at radius 3 is 2.78 bits per heavy atom. The summed E-state index contributed by atoms with van der Waals surface area (Å²) in [5.41, 5.74) is 12.0. The number of amides is 1. The Labute approximate surface area is 212 Å². The Kier molecular flexibility index (Phi) is 5.17. The topological polar surface area (TPSA) is 130 Å².